The van der Waals surface area contributed by atoms with Crippen molar-refractivity contribution < 1.29 is 14.0 Å². The van der Waals surface area contributed by atoms with Gasteiger partial charge in [-0.1, -0.05) is 52.4 Å². The molecule has 0 saturated heterocycles. The van der Waals surface area contributed by atoms with Gasteiger partial charge in [0.2, 0.25) is 11.0 Å². The SMILES string of the molecule is N#CC1=C(N)N(c2nnc(SCC(=O)Nc3ccc(F)cc3)s2)C2=C(C(=O)CCC2)C1c1ccc(Cl)c(Cl)c1. The maximum atomic E-state index is 13.2. The number of anilines is 2. The van der Waals surface area contributed by atoms with Crippen LogP contribution in [0.5, 0.6) is 0 Å². The van der Waals surface area contributed by atoms with Crippen molar-refractivity contribution >= 4 is 68.8 Å². The summed E-state index contributed by atoms with van der Waals surface area (Å²) < 4.78 is 13.6. The van der Waals surface area contributed by atoms with Crippen molar-refractivity contribution in [3.8, 4) is 6.07 Å². The maximum Gasteiger partial charge on any atom is 0.234 e. The van der Waals surface area contributed by atoms with Crippen LogP contribution in [0.4, 0.5) is 15.2 Å². The van der Waals surface area contributed by atoms with Gasteiger partial charge >= 0.3 is 0 Å². The summed E-state index contributed by atoms with van der Waals surface area (Å²) in [6.45, 7) is 0. The largest absolute Gasteiger partial charge is 0.384 e. The number of nitrogens with two attached hydrogens (primary N) is 1. The number of nitrogens with zero attached hydrogens (tertiary/aromatic N) is 4. The normalized spacial score (nSPS) is 17.2. The summed E-state index contributed by atoms with van der Waals surface area (Å²) in [5, 5.41) is 22.3. The Kier molecular flexibility index (Phi) is 7.91. The van der Waals surface area contributed by atoms with Gasteiger partial charge in [0.05, 0.1) is 33.4 Å². The topological polar surface area (TPSA) is 125 Å². The van der Waals surface area contributed by atoms with E-state index in [-0.39, 0.29) is 28.8 Å². The van der Waals surface area contributed by atoms with E-state index >= 15 is 0 Å². The molecule has 1 atom stereocenters. The molecule has 0 bridgehead atoms. The monoisotopic (exact) mass is 600 g/mol. The van der Waals surface area contributed by atoms with Crippen LogP contribution in [0.15, 0.2) is 69.5 Å². The molecule has 2 heterocycles. The maximum absolute atomic E-state index is 13.2. The van der Waals surface area contributed by atoms with Gasteiger partial charge in [-0.15, -0.1) is 10.2 Å². The fourth-order valence-corrected chi connectivity index (χ4v) is 6.53. The van der Waals surface area contributed by atoms with E-state index in [9.17, 15) is 19.2 Å². The van der Waals surface area contributed by atoms with E-state index in [1.807, 2.05) is 0 Å². The molecule has 1 aliphatic heterocycles. The molecule has 3 aromatic rings. The number of hydrogen-bond acceptors (Lipinski definition) is 9. The Balaban J connectivity index is 1.43. The van der Waals surface area contributed by atoms with Crippen molar-refractivity contribution in [1.82, 2.24) is 10.2 Å². The second-order valence-corrected chi connectivity index (χ2v) is 11.7. The van der Waals surface area contributed by atoms with Crippen molar-refractivity contribution in [2.24, 2.45) is 5.73 Å². The minimum Gasteiger partial charge on any atom is -0.384 e. The molecule has 5 rings (SSSR count). The number of thioether (sulfide) groups is 1. The molecule has 2 aliphatic rings. The summed E-state index contributed by atoms with van der Waals surface area (Å²) in [7, 11) is 0. The average Bonchev–Trinajstić information content (AvgIpc) is 3.38. The van der Waals surface area contributed by atoms with Crippen molar-refractivity contribution in [1.29, 1.82) is 5.26 Å². The summed E-state index contributed by atoms with van der Waals surface area (Å²) in [4.78, 5) is 27.2. The number of halogens is 3. The molecule has 0 spiro atoms. The van der Waals surface area contributed by atoms with Gasteiger partial charge in [0.15, 0.2) is 10.1 Å². The number of carbonyl (C=O) groups excluding carboxylic acids is 2. The number of nitrogens with one attached hydrogen (secondary N) is 1. The van der Waals surface area contributed by atoms with E-state index in [1.54, 1.807) is 23.1 Å². The quantitative estimate of drug-likeness (QED) is 0.329. The summed E-state index contributed by atoms with van der Waals surface area (Å²) >= 11 is 14.7. The van der Waals surface area contributed by atoms with Gasteiger partial charge in [-0.2, -0.15) is 5.26 Å². The molecule has 0 radical (unpaired) electrons. The molecule has 1 aliphatic carbocycles. The highest BCUT2D eigenvalue weighted by Gasteiger charge is 2.41. The Morgan fingerprint density at radius 2 is 1.97 bits per heavy atom. The van der Waals surface area contributed by atoms with Crippen LogP contribution in [-0.4, -0.2) is 27.6 Å². The van der Waals surface area contributed by atoms with Crippen molar-refractivity contribution in [2.45, 2.75) is 29.5 Å². The molecule has 8 nitrogen and oxygen atoms in total. The van der Waals surface area contributed by atoms with Crippen molar-refractivity contribution in [3.05, 3.63) is 86.6 Å². The second kappa shape index (κ2) is 11.4. The van der Waals surface area contributed by atoms with Gasteiger partial charge in [-0.25, -0.2) is 4.39 Å². The van der Waals surface area contributed by atoms with E-state index in [2.05, 4.69) is 21.6 Å². The Hall–Kier alpha value is -3.43. The standard InChI is InChI=1S/C26H19Cl2FN6O2S2/c27-17-9-4-13(10-18(17)28)22-16(11-30)24(31)35(19-2-1-3-20(36)23(19)22)25-33-34-26(39-25)38-12-21(37)32-15-7-5-14(29)6-8-15/h4-10,22H,1-3,12,31H2,(H,32,37). The Bertz CT molecular complexity index is 1580. The third-order valence-electron chi connectivity index (χ3n) is 6.23. The predicted molar refractivity (Wildman–Crippen MR) is 150 cm³/mol. The molecule has 1 unspecified atom stereocenters. The lowest BCUT2D eigenvalue weighted by atomic mass is 9.76. The predicted octanol–water partition coefficient (Wildman–Crippen LogP) is 6.02. The molecular formula is C26H19Cl2FN6O2S2. The average molecular weight is 602 g/mol. The minimum absolute atomic E-state index is 0.0482. The molecule has 1 amide bonds. The number of allylic oxidation sites excluding steroid dienone is 3. The van der Waals surface area contributed by atoms with E-state index in [4.69, 9.17) is 28.9 Å². The van der Waals surface area contributed by atoms with Crippen LogP contribution in [0, 0.1) is 17.1 Å². The number of benzene rings is 2. The van der Waals surface area contributed by atoms with Gasteiger partial charge in [-0.05, 0) is 54.8 Å². The van der Waals surface area contributed by atoms with Crippen LogP contribution in [-0.2, 0) is 9.59 Å². The lowest BCUT2D eigenvalue weighted by Gasteiger charge is -2.38. The van der Waals surface area contributed by atoms with Gasteiger partial charge in [-0.3, -0.25) is 14.5 Å². The summed E-state index contributed by atoms with van der Waals surface area (Å²) in [6.07, 6.45) is 1.53. The summed E-state index contributed by atoms with van der Waals surface area (Å²) in [6, 6.07) is 12.7. The number of ketones is 1. The number of Topliss-reactive ketones (excluding diaryl/α,β-unsaturated/α-hetero) is 1. The molecule has 13 heteroatoms. The Labute approximate surface area is 241 Å². The first-order valence-corrected chi connectivity index (χ1v) is 14.3. The second-order valence-electron chi connectivity index (χ2n) is 8.68. The zero-order chi connectivity index (χ0) is 27.7. The fraction of sp³-hybridized carbons (Fsp3) is 0.192. The first-order valence-electron chi connectivity index (χ1n) is 11.7. The number of carbonyl (C=O) groups is 2. The lowest BCUT2D eigenvalue weighted by Crippen LogP contribution is -2.38. The third-order valence-corrected chi connectivity index (χ3v) is 9.01. The highest BCUT2D eigenvalue weighted by molar-refractivity contribution is 8.01. The Morgan fingerprint density at radius 3 is 2.69 bits per heavy atom. The lowest BCUT2D eigenvalue weighted by molar-refractivity contribution is -0.116. The van der Waals surface area contributed by atoms with E-state index in [0.29, 0.717) is 61.3 Å². The smallest absolute Gasteiger partial charge is 0.234 e. The van der Waals surface area contributed by atoms with Crippen LogP contribution in [0.3, 0.4) is 0 Å². The van der Waals surface area contributed by atoms with E-state index in [1.165, 1.54) is 47.4 Å². The minimum atomic E-state index is -0.680. The van der Waals surface area contributed by atoms with Gasteiger partial charge in [0, 0.05) is 23.4 Å². The van der Waals surface area contributed by atoms with Crippen LogP contribution in [0.1, 0.15) is 30.7 Å². The van der Waals surface area contributed by atoms with Crippen LogP contribution < -0.4 is 16.0 Å². The van der Waals surface area contributed by atoms with Crippen molar-refractivity contribution in [2.75, 3.05) is 16.0 Å². The molecule has 0 saturated carbocycles. The number of amides is 1. The fourth-order valence-electron chi connectivity index (χ4n) is 4.54. The van der Waals surface area contributed by atoms with Crippen LogP contribution in [0.2, 0.25) is 10.0 Å². The first-order chi connectivity index (χ1) is 18.8. The van der Waals surface area contributed by atoms with E-state index in [0.717, 1.165) is 0 Å². The Morgan fingerprint density at radius 1 is 1.21 bits per heavy atom. The third kappa shape index (κ3) is 5.51. The van der Waals surface area contributed by atoms with Crippen molar-refractivity contribution in [3.63, 3.8) is 0 Å². The number of aromatic nitrogens is 2. The molecule has 2 aromatic carbocycles. The first kappa shape index (κ1) is 27.1. The molecule has 3 N–H and O–H groups in total. The number of rotatable bonds is 6. The highest BCUT2D eigenvalue weighted by atomic mass is 35.5. The van der Waals surface area contributed by atoms with Crippen LogP contribution in [0.25, 0.3) is 0 Å². The zero-order valence-electron chi connectivity index (χ0n) is 20.1. The molecule has 1 aromatic heterocycles. The summed E-state index contributed by atoms with van der Waals surface area (Å²) in [5.41, 5.74) is 9.03. The number of hydrogen-bond donors (Lipinski definition) is 2. The van der Waals surface area contributed by atoms with Gasteiger partial charge in [0.25, 0.3) is 0 Å². The number of nitriles is 1. The summed E-state index contributed by atoms with van der Waals surface area (Å²) in [5.74, 6) is -1.24. The van der Waals surface area contributed by atoms with Crippen LogP contribution >= 0.6 is 46.3 Å². The molecule has 0 fully saturated rings. The van der Waals surface area contributed by atoms with Gasteiger partial charge < -0.3 is 11.1 Å². The molecular weight excluding hydrogens is 582 g/mol. The van der Waals surface area contributed by atoms with Gasteiger partial charge in [0.1, 0.15) is 11.6 Å². The molecule has 39 heavy (non-hydrogen) atoms. The highest BCUT2D eigenvalue weighted by Crippen LogP contribution is 2.47. The zero-order valence-corrected chi connectivity index (χ0v) is 23.2. The molecule has 198 valence electrons. The van der Waals surface area contributed by atoms with E-state index < -0.39 is 11.7 Å².